The van der Waals surface area contributed by atoms with E-state index in [1.807, 2.05) is 60.7 Å². The van der Waals surface area contributed by atoms with Crippen LogP contribution in [-0.2, 0) is 21.1 Å². The Bertz CT molecular complexity index is 1130. The Balaban J connectivity index is 1.81. The van der Waals surface area contributed by atoms with Gasteiger partial charge >= 0.3 is 5.97 Å². The van der Waals surface area contributed by atoms with Crippen LogP contribution in [0.15, 0.2) is 94.7 Å². The Labute approximate surface area is 206 Å². The third-order valence-electron chi connectivity index (χ3n) is 5.77. The van der Waals surface area contributed by atoms with Crippen molar-refractivity contribution in [1.29, 1.82) is 0 Å². The molecule has 0 spiro atoms. The van der Waals surface area contributed by atoms with Gasteiger partial charge in [-0.3, -0.25) is 4.79 Å². The zero-order valence-corrected chi connectivity index (χ0v) is 20.8. The Hall–Kier alpha value is -2.77. The number of sulfone groups is 1. The Morgan fingerprint density at radius 1 is 0.912 bits per heavy atom. The van der Waals surface area contributed by atoms with Gasteiger partial charge in [-0.2, -0.15) is 0 Å². The molecule has 0 unspecified atom stereocenters. The predicted octanol–water partition coefficient (Wildman–Crippen LogP) is 5.74. The van der Waals surface area contributed by atoms with Gasteiger partial charge in [0.25, 0.3) is 0 Å². The molecule has 0 saturated heterocycles. The summed E-state index contributed by atoms with van der Waals surface area (Å²) in [6.07, 6.45) is 2.52. The summed E-state index contributed by atoms with van der Waals surface area (Å²) < 4.78 is 32.4. The van der Waals surface area contributed by atoms with Crippen LogP contribution < -0.4 is 4.74 Å². The summed E-state index contributed by atoms with van der Waals surface area (Å²) in [4.78, 5) is 13.3. The second-order valence-electron chi connectivity index (χ2n) is 8.06. The van der Waals surface area contributed by atoms with Gasteiger partial charge in [0.05, 0.1) is 23.2 Å². The van der Waals surface area contributed by atoms with Crippen molar-refractivity contribution in [2.75, 3.05) is 12.9 Å². The molecule has 1 N–H and O–H groups in total. The van der Waals surface area contributed by atoms with Crippen LogP contribution in [0.1, 0.15) is 24.8 Å². The van der Waals surface area contributed by atoms with Crippen molar-refractivity contribution in [3.05, 3.63) is 90.5 Å². The van der Waals surface area contributed by atoms with E-state index in [0.29, 0.717) is 12.2 Å². The lowest BCUT2D eigenvalue weighted by molar-refractivity contribution is -0.141. The lowest BCUT2D eigenvalue weighted by atomic mass is 10.0. The molecule has 34 heavy (non-hydrogen) atoms. The fourth-order valence-corrected chi connectivity index (χ4v) is 7.08. The number of ether oxygens (including phenoxy) is 1. The fraction of sp³-hybridized carbons (Fsp3) is 0.296. The first-order chi connectivity index (χ1) is 16.4. The number of hydrogen-bond donors (Lipinski definition) is 1. The number of carboxylic acids is 1. The molecule has 2 atom stereocenters. The van der Waals surface area contributed by atoms with Crippen molar-refractivity contribution in [1.82, 2.24) is 0 Å². The SMILES string of the molecule is COc1ccc(S(=O)(=O)[C@@H](CCCCc2ccccc2)[C@@H](CSc2ccccc2)C(=O)O)cc1. The molecule has 5 nitrogen and oxygen atoms in total. The van der Waals surface area contributed by atoms with Crippen LogP contribution in [0.3, 0.4) is 0 Å². The van der Waals surface area contributed by atoms with Crippen LogP contribution in [0, 0.1) is 5.92 Å². The number of rotatable bonds is 13. The average molecular weight is 499 g/mol. The van der Waals surface area contributed by atoms with Gasteiger partial charge in [0, 0.05) is 10.6 Å². The minimum absolute atomic E-state index is 0.123. The number of hydrogen-bond acceptors (Lipinski definition) is 5. The zero-order valence-electron chi connectivity index (χ0n) is 19.2. The maximum Gasteiger partial charge on any atom is 0.308 e. The van der Waals surface area contributed by atoms with Crippen molar-refractivity contribution in [3.8, 4) is 5.75 Å². The van der Waals surface area contributed by atoms with Crippen LogP contribution in [0.5, 0.6) is 5.75 Å². The molecule has 0 fully saturated rings. The van der Waals surface area contributed by atoms with E-state index in [1.54, 1.807) is 12.1 Å². The molecule has 0 saturated carbocycles. The molecule has 0 aliphatic carbocycles. The number of aliphatic carboxylic acids is 1. The summed E-state index contributed by atoms with van der Waals surface area (Å²) in [6.45, 7) is 0. The number of carbonyl (C=O) groups is 1. The summed E-state index contributed by atoms with van der Waals surface area (Å²) in [5.74, 6) is -1.40. The maximum atomic E-state index is 13.6. The third kappa shape index (κ3) is 7.11. The van der Waals surface area contributed by atoms with Gasteiger partial charge in [-0.05, 0) is 61.2 Å². The molecular formula is C27H30O5S2. The van der Waals surface area contributed by atoms with E-state index < -0.39 is 27.0 Å². The van der Waals surface area contributed by atoms with E-state index in [-0.39, 0.29) is 17.1 Å². The maximum absolute atomic E-state index is 13.6. The molecule has 180 valence electrons. The Morgan fingerprint density at radius 2 is 1.53 bits per heavy atom. The van der Waals surface area contributed by atoms with Gasteiger partial charge in [-0.1, -0.05) is 55.0 Å². The van der Waals surface area contributed by atoms with E-state index in [0.717, 1.165) is 17.7 Å². The lowest BCUT2D eigenvalue weighted by Crippen LogP contribution is -2.37. The number of carboxylic acid groups (broad SMARTS) is 1. The molecule has 7 heteroatoms. The minimum Gasteiger partial charge on any atom is -0.497 e. The highest BCUT2D eigenvalue weighted by atomic mass is 32.2. The van der Waals surface area contributed by atoms with Crippen molar-refractivity contribution in [2.24, 2.45) is 5.92 Å². The highest BCUT2D eigenvalue weighted by Crippen LogP contribution is 2.31. The summed E-state index contributed by atoms with van der Waals surface area (Å²) in [5, 5.41) is 9.03. The van der Waals surface area contributed by atoms with Crippen LogP contribution in [0.4, 0.5) is 0 Å². The third-order valence-corrected chi connectivity index (χ3v) is 9.19. The van der Waals surface area contributed by atoms with Crippen LogP contribution >= 0.6 is 11.8 Å². The van der Waals surface area contributed by atoms with Gasteiger partial charge in [-0.25, -0.2) is 8.42 Å². The fourth-order valence-electron chi connectivity index (χ4n) is 3.87. The Morgan fingerprint density at radius 3 is 2.12 bits per heavy atom. The second kappa shape index (κ2) is 12.6. The molecule has 0 heterocycles. The van der Waals surface area contributed by atoms with E-state index in [9.17, 15) is 18.3 Å². The van der Waals surface area contributed by atoms with Crippen LogP contribution in [0.2, 0.25) is 0 Å². The summed E-state index contributed by atoms with van der Waals surface area (Å²) >= 11 is 1.37. The number of methoxy groups -OCH3 is 1. The zero-order chi connectivity index (χ0) is 24.4. The summed E-state index contributed by atoms with van der Waals surface area (Å²) in [6, 6.07) is 25.6. The molecule has 3 aromatic carbocycles. The second-order valence-corrected chi connectivity index (χ2v) is 11.3. The summed E-state index contributed by atoms with van der Waals surface area (Å²) in [5.41, 5.74) is 1.19. The first-order valence-corrected chi connectivity index (χ1v) is 13.8. The molecule has 0 aliphatic rings. The van der Waals surface area contributed by atoms with Gasteiger partial charge < -0.3 is 9.84 Å². The minimum atomic E-state index is -3.87. The number of aryl methyl sites for hydroxylation is 1. The predicted molar refractivity (Wildman–Crippen MR) is 136 cm³/mol. The van der Waals surface area contributed by atoms with Crippen molar-refractivity contribution in [2.45, 2.75) is 40.7 Å². The number of thioether (sulfide) groups is 1. The molecule has 0 aromatic heterocycles. The van der Waals surface area contributed by atoms with Gasteiger partial charge in [0.15, 0.2) is 9.84 Å². The number of unbranched alkanes of at least 4 members (excludes halogenated alkanes) is 1. The van der Waals surface area contributed by atoms with E-state index in [4.69, 9.17) is 4.74 Å². The molecular weight excluding hydrogens is 468 g/mol. The van der Waals surface area contributed by atoms with E-state index in [2.05, 4.69) is 0 Å². The van der Waals surface area contributed by atoms with Crippen molar-refractivity contribution < 1.29 is 23.1 Å². The van der Waals surface area contributed by atoms with Gasteiger partial charge in [0.1, 0.15) is 5.75 Å². The first kappa shape index (κ1) is 25.8. The smallest absolute Gasteiger partial charge is 0.308 e. The van der Waals surface area contributed by atoms with E-state index >= 15 is 0 Å². The van der Waals surface area contributed by atoms with Crippen LogP contribution in [0.25, 0.3) is 0 Å². The molecule has 0 radical (unpaired) electrons. The molecule has 0 amide bonds. The quantitative estimate of drug-likeness (QED) is 0.239. The van der Waals surface area contributed by atoms with Crippen LogP contribution in [-0.4, -0.2) is 37.6 Å². The lowest BCUT2D eigenvalue weighted by Gasteiger charge is -2.24. The first-order valence-electron chi connectivity index (χ1n) is 11.2. The molecule has 3 aromatic rings. The standard InChI is InChI=1S/C27H30O5S2/c1-32-22-16-18-24(19-17-22)34(30,31)26(15-9-8-12-21-10-4-2-5-11-21)25(27(28)29)20-33-23-13-6-3-7-14-23/h2-7,10-11,13-14,16-19,25-26H,8-9,12,15,20H2,1H3,(H,28,29)/t25-,26+/m1/s1. The topological polar surface area (TPSA) is 80.7 Å². The summed E-state index contributed by atoms with van der Waals surface area (Å²) in [7, 11) is -2.36. The molecule has 0 bridgehead atoms. The van der Waals surface area contributed by atoms with Gasteiger partial charge in [0.2, 0.25) is 0 Å². The van der Waals surface area contributed by atoms with Gasteiger partial charge in [-0.15, -0.1) is 11.8 Å². The van der Waals surface area contributed by atoms with Crippen molar-refractivity contribution >= 4 is 27.6 Å². The largest absolute Gasteiger partial charge is 0.497 e. The molecule has 0 aliphatic heterocycles. The number of benzene rings is 3. The highest BCUT2D eigenvalue weighted by molar-refractivity contribution is 7.99. The monoisotopic (exact) mass is 498 g/mol. The van der Waals surface area contributed by atoms with E-state index in [1.165, 1.54) is 36.6 Å². The highest BCUT2D eigenvalue weighted by Gasteiger charge is 2.38. The molecule has 3 rings (SSSR count). The normalized spacial score (nSPS) is 13.2. The Kier molecular flexibility index (Phi) is 9.60. The van der Waals surface area contributed by atoms with Crippen molar-refractivity contribution in [3.63, 3.8) is 0 Å². The average Bonchev–Trinajstić information content (AvgIpc) is 2.86.